The van der Waals surface area contributed by atoms with Crippen molar-refractivity contribution in [3.8, 4) is 0 Å². The van der Waals surface area contributed by atoms with Crippen molar-refractivity contribution in [2.24, 2.45) is 5.92 Å². The van der Waals surface area contributed by atoms with Crippen LogP contribution in [0.4, 0.5) is 8.78 Å². The molecule has 1 aliphatic heterocycles. The second-order valence-corrected chi connectivity index (χ2v) is 5.94. The van der Waals surface area contributed by atoms with Crippen LogP contribution in [0.25, 0.3) is 0 Å². The van der Waals surface area contributed by atoms with Gasteiger partial charge in [0.15, 0.2) is 0 Å². The molecule has 0 aromatic rings. The van der Waals surface area contributed by atoms with E-state index in [-0.39, 0.29) is 44.1 Å². The monoisotopic (exact) mass is 306 g/mol. The molecule has 1 heterocycles. The van der Waals surface area contributed by atoms with Crippen LogP contribution in [0.1, 0.15) is 25.7 Å². The highest BCUT2D eigenvalue weighted by atomic mass is 19.3. The molecular formula is C14H24F2N2O3. The summed E-state index contributed by atoms with van der Waals surface area (Å²) in [6.07, 6.45) is -0.642. The first-order valence-electron chi connectivity index (χ1n) is 7.60. The van der Waals surface area contributed by atoms with Gasteiger partial charge in [0, 0.05) is 44.9 Å². The van der Waals surface area contributed by atoms with Crippen LogP contribution in [0, 0.1) is 5.92 Å². The Hall–Kier alpha value is -0.790. The number of ether oxygens (including phenoxy) is 1. The number of rotatable bonds is 5. The van der Waals surface area contributed by atoms with Gasteiger partial charge in [-0.15, -0.1) is 0 Å². The van der Waals surface area contributed by atoms with Crippen LogP contribution < -0.4 is 5.32 Å². The van der Waals surface area contributed by atoms with Crippen molar-refractivity contribution < 1.29 is 23.4 Å². The molecule has 0 spiro atoms. The van der Waals surface area contributed by atoms with Crippen LogP contribution in [0.2, 0.25) is 0 Å². The maximum absolute atomic E-state index is 13.0. The van der Waals surface area contributed by atoms with Gasteiger partial charge in [-0.2, -0.15) is 0 Å². The minimum atomic E-state index is -2.62. The van der Waals surface area contributed by atoms with E-state index < -0.39 is 12.0 Å². The Bertz CT molecular complexity index is 339. The van der Waals surface area contributed by atoms with E-state index in [1.165, 1.54) is 0 Å². The van der Waals surface area contributed by atoms with Gasteiger partial charge >= 0.3 is 0 Å². The third kappa shape index (κ3) is 5.48. The van der Waals surface area contributed by atoms with Crippen molar-refractivity contribution in [2.45, 2.75) is 37.7 Å². The van der Waals surface area contributed by atoms with Crippen molar-refractivity contribution in [3.05, 3.63) is 0 Å². The fraction of sp³-hybridized carbons (Fsp3) is 0.929. The number of alkyl halides is 2. The molecule has 1 aliphatic carbocycles. The minimum Gasteiger partial charge on any atom is -0.390 e. The van der Waals surface area contributed by atoms with Crippen LogP contribution in [-0.4, -0.2) is 67.3 Å². The summed E-state index contributed by atoms with van der Waals surface area (Å²) < 4.78 is 31.3. The summed E-state index contributed by atoms with van der Waals surface area (Å²) in [7, 11) is 0. The van der Waals surface area contributed by atoms with Crippen LogP contribution >= 0.6 is 0 Å². The molecule has 1 saturated carbocycles. The van der Waals surface area contributed by atoms with Gasteiger partial charge in [0.2, 0.25) is 11.8 Å². The summed E-state index contributed by atoms with van der Waals surface area (Å²) in [6.45, 7) is 3.55. The average molecular weight is 306 g/mol. The number of β-amino-alcohol motifs (C(OH)–C–C–N with tert-alkyl or cyclic N) is 1. The van der Waals surface area contributed by atoms with Crippen molar-refractivity contribution in [3.63, 3.8) is 0 Å². The van der Waals surface area contributed by atoms with Crippen molar-refractivity contribution in [1.82, 2.24) is 10.2 Å². The Balaban J connectivity index is 1.64. The number of aliphatic hydroxyl groups is 1. The van der Waals surface area contributed by atoms with Crippen molar-refractivity contribution in [1.29, 1.82) is 0 Å². The van der Waals surface area contributed by atoms with Gasteiger partial charge < -0.3 is 15.2 Å². The lowest BCUT2D eigenvalue weighted by molar-refractivity contribution is -0.129. The maximum Gasteiger partial charge on any atom is 0.248 e. The lowest BCUT2D eigenvalue weighted by atomic mass is 9.86. The molecule has 122 valence electrons. The Morgan fingerprint density at radius 1 is 1.33 bits per heavy atom. The molecule has 0 aromatic heterocycles. The predicted molar refractivity (Wildman–Crippen MR) is 73.2 cm³/mol. The van der Waals surface area contributed by atoms with E-state index in [1.54, 1.807) is 0 Å². The van der Waals surface area contributed by atoms with Gasteiger partial charge in [0.05, 0.1) is 19.3 Å². The summed E-state index contributed by atoms with van der Waals surface area (Å²) in [5, 5.41) is 12.6. The van der Waals surface area contributed by atoms with E-state index in [1.807, 2.05) is 0 Å². The fourth-order valence-corrected chi connectivity index (χ4v) is 2.81. The highest BCUT2D eigenvalue weighted by Gasteiger charge is 2.37. The van der Waals surface area contributed by atoms with E-state index in [0.29, 0.717) is 19.8 Å². The molecule has 5 nitrogen and oxygen atoms in total. The van der Waals surface area contributed by atoms with E-state index in [0.717, 1.165) is 13.1 Å². The number of halogens is 2. The molecule has 1 unspecified atom stereocenters. The third-order valence-electron chi connectivity index (χ3n) is 4.17. The van der Waals surface area contributed by atoms with Crippen LogP contribution in [0.15, 0.2) is 0 Å². The summed E-state index contributed by atoms with van der Waals surface area (Å²) in [5.41, 5.74) is 0. The van der Waals surface area contributed by atoms with E-state index in [2.05, 4.69) is 10.2 Å². The van der Waals surface area contributed by atoms with Gasteiger partial charge in [0.1, 0.15) is 0 Å². The number of morpholine rings is 1. The number of carbonyl (C=O) groups excluding carboxylic acids is 1. The van der Waals surface area contributed by atoms with Crippen molar-refractivity contribution >= 4 is 5.91 Å². The maximum atomic E-state index is 13.0. The number of hydrogen-bond donors (Lipinski definition) is 2. The lowest BCUT2D eigenvalue weighted by Crippen LogP contribution is -2.45. The molecular weight excluding hydrogens is 282 g/mol. The van der Waals surface area contributed by atoms with E-state index >= 15 is 0 Å². The molecule has 2 aliphatic rings. The SMILES string of the molecule is O=C(NCC(O)CN1CCOCC1)C1CCC(F)(F)CC1. The van der Waals surface area contributed by atoms with Gasteiger partial charge in [-0.1, -0.05) is 0 Å². The van der Waals surface area contributed by atoms with Crippen LogP contribution in [0.5, 0.6) is 0 Å². The zero-order chi connectivity index (χ0) is 15.3. The highest BCUT2D eigenvalue weighted by Crippen LogP contribution is 2.36. The van der Waals surface area contributed by atoms with Crippen molar-refractivity contribution in [2.75, 3.05) is 39.4 Å². The molecule has 2 N–H and O–H groups in total. The topological polar surface area (TPSA) is 61.8 Å². The quantitative estimate of drug-likeness (QED) is 0.782. The number of carbonyl (C=O) groups is 1. The third-order valence-corrected chi connectivity index (χ3v) is 4.17. The normalized spacial score (nSPS) is 25.5. The van der Waals surface area contributed by atoms with Gasteiger partial charge in [-0.3, -0.25) is 9.69 Å². The first-order chi connectivity index (χ1) is 9.96. The predicted octanol–water partition coefficient (Wildman–Crippen LogP) is 0.621. The Labute approximate surface area is 123 Å². The lowest BCUT2D eigenvalue weighted by Gasteiger charge is -2.29. The molecule has 0 radical (unpaired) electrons. The number of hydrogen-bond acceptors (Lipinski definition) is 4. The number of nitrogens with zero attached hydrogens (tertiary/aromatic N) is 1. The molecule has 7 heteroatoms. The Morgan fingerprint density at radius 2 is 1.95 bits per heavy atom. The number of amides is 1. The zero-order valence-corrected chi connectivity index (χ0v) is 12.2. The minimum absolute atomic E-state index is 0.170. The van der Waals surface area contributed by atoms with Crippen LogP contribution in [0.3, 0.4) is 0 Å². The second-order valence-electron chi connectivity index (χ2n) is 5.94. The first kappa shape index (κ1) is 16.6. The molecule has 2 rings (SSSR count). The summed E-state index contributed by atoms with van der Waals surface area (Å²) in [6, 6.07) is 0. The average Bonchev–Trinajstić information content (AvgIpc) is 2.46. The molecule has 21 heavy (non-hydrogen) atoms. The summed E-state index contributed by atoms with van der Waals surface area (Å²) in [4.78, 5) is 14.0. The fourth-order valence-electron chi connectivity index (χ4n) is 2.81. The smallest absolute Gasteiger partial charge is 0.248 e. The van der Waals surface area contributed by atoms with Crippen LogP contribution in [-0.2, 0) is 9.53 Å². The van der Waals surface area contributed by atoms with Gasteiger partial charge in [0.25, 0.3) is 0 Å². The molecule has 0 aromatic carbocycles. The standard InChI is InChI=1S/C14H24F2N2O3/c15-14(16)3-1-11(2-4-14)13(20)17-9-12(19)10-18-5-7-21-8-6-18/h11-12,19H,1-10H2,(H,17,20). The first-order valence-corrected chi connectivity index (χ1v) is 7.60. The number of aliphatic hydroxyl groups excluding tert-OH is 1. The van der Waals surface area contributed by atoms with Gasteiger partial charge in [-0.25, -0.2) is 8.78 Å². The number of nitrogens with one attached hydrogen (secondary N) is 1. The molecule has 0 bridgehead atoms. The summed E-state index contributed by atoms with van der Waals surface area (Å²) >= 11 is 0. The highest BCUT2D eigenvalue weighted by molar-refractivity contribution is 5.78. The second kappa shape index (κ2) is 7.47. The largest absolute Gasteiger partial charge is 0.390 e. The molecule has 1 amide bonds. The zero-order valence-electron chi connectivity index (χ0n) is 12.2. The Morgan fingerprint density at radius 3 is 2.57 bits per heavy atom. The van der Waals surface area contributed by atoms with E-state index in [4.69, 9.17) is 4.74 Å². The Kier molecular flexibility index (Phi) is 5.89. The molecule has 2 fully saturated rings. The summed E-state index contributed by atoms with van der Waals surface area (Å²) in [5.74, 6) is -3.18. The molecule has 1 saturated heterocycles. The molecule has 1 atom stereocenters. The van der Waals surface area contributed by atoms with E-state index in [9.17, 15) is 18.7 Å². The van der Waals surface area contributed by atoms with Gasteiger partial charge in [-0.05, 0) is 12.8 Å².